The Kier molecular flexibility index (Phi) is 7.24. The monoisotopic (exact) mass is 478 g/mol. The molecule has 0 radical (unpaired) electrons. The summed E-state index contributed by atoms with van der Waals surface area (Å²) >= 11 is 5.84. The standard InChI is InChI=1S/C24H26ClF3N4O/c1-32-9-3-2-4-15(32)7-8-29-22-13-17-16(12-20(27)23(28)24(17)30-22)21(31-33)11-14-5-6-19(26)18(25)10-14/h5-6,10,12,15,33H,2-4,7-9,11,13H2,1H3,(H,29,30)/b31-21+. The van der Waals surface area contributed by atoms with E-state index in [4.69, 9.17) is 11.6 Å². The molecule has 4 rings (SSSR count). The van der Waals surface area contributed by atoms with Gasteiger partial charge < -0.3 is 15.4 Å². The number of amidine groups is 1. The van der Waals surface area contributed by atoms with Crippen molar-refractivity contribution in [1.29, 1.82) is 0 Å². The Morgan fingerprint density at radius 1 is 1.21 bits per heavy atom. The van der Waals surface area contributed by atoms with Crippen LogP contribution in [0.1, 0.15) is 42.4 Å². The fraction of sp³-hybridized carbons (Fsp3) is 0.417. The van der Waals surface area contributed by atoms with E-state index in [0.29, 0.717) is 29.5 Å². The molecule has 0 bridgehead atoms. The summed E-state index contributed by atoms with van der Waals surface area (Å²) in [6.07, 6.45) is 4.80. The molecule has 2 aliphatic rings. The molecule has 9 heteroatoms. The lowest BCUT2D eigenvalue weighted by Crippen LogP contribution is -2.36. The minimum absolute atomic E-state index is 0.0109. The Labute approximate surface area is 196 Å². The lowest BCUT2D eigenvalue weighted by molar-refractivity contribution is 0.178. The van der Waals surface area contributed by atoms with E-state index in [2.05, 4.69) is 27.4 Å². The highest BCUT2D eigenvalue weighted by atomic mass is 35.5. The molecule has 0 amide bonds. The van der Waals surface area contributed by atoms with E-state index in [0.717, 1.165) is 25.5 Å². The van der Waals surface area contributed by atoms with Crippen LogP contribution in [0.4, 0.5) is 18.9 Å². The van der Waals surface area contributed by atoms with Crippen molar-refractivity contribution in [2.75, 3.05) is 25.5 Å². The number of fused-ring (bicyclic) bond motifs is 1. The van der Waals surface area contributed by atoms with Crippen molar-refractivity contribution < 1.29 is 18.4 Å². The van der Waals surface area contributed by atoms with Crippen molar-refractivity contribution >= 4 is 28.8 Å². The molecule has 1 atom stereocenters. The quantitative estimate of drug-likeness (QED) is 0.331. The smallest absolute Gasteiger partial charge is 0.182 e. The van der Waals surface area contributed by atoms with Crippen molar-refractivity contribution in [3.05, 3.63) is 63.4 Å². The first kappa shape index (κ1) is 23.6. The number of aliphatic imine (C=N–C) groups is 1. The van der Waals surface area contributed by atoms with Gasteiger partial charge in [-0.3, -0.25) is 4.99 Å². The Balaban J connectivity index is 1.54. The van der Waals surface area contributed by atoms with Crippen LogP contribution in [0.5, 0.6) is 0 Å². The summed E-state index contributed by atoms with van der Waals surface area (Å²) in [7, 11) is 2.12. The minimum atomic E-state index is -1.06. The first-order valence-electron chi connectivity index (χ1n) is 11.0. The third kappa shape index (κ3) is 5.17. The van der Waals surface area contributed by atoms with Crippen LogP contribution < -0.4 is 5.32 Å². The van der Waals surface area contributed by atoms with Gasteiger partial charge in [0.05, 0.1) is 16.4 Å². The molecule has 0 aromatic heterocycles. The fourth-order valence-corrected chi connectivity index (χ4v) is 4.77. The van der Waals surface area contributed by atoms with Crippen LogP contribution in [-0.4, -0.2) is 47.8 Å². The zero-order valence-electron chi connectivity index (χ0n) is 18.3. The normalized spacial score (nSPS) is 20.2. The van der Waals surface area contributed by atoms with E-state index in [1.54, 1.807) is 0 Å². The second-order valence-electron chi connectivity index (χ2n) is 8.59. The number of piperidine rings is 1. The van der Waals surface area contributed by atoms with E-state index in [-0.39, 0.29) is 34.8 Å². The number of nitrogens with one attached hydrogen (secondary N) is 1. The molecule has 0 saturated carbocycles. The van der Waals surface area contributed by atoms with Gasteiger partial charge in [0.1, 0.15) is 11.7 Å². The molecule has 1 fully saturated rings. The van der Waals surface area contributed by atoms with Gasteiger partial charge in [-0.25, -0.2) is 13.2 Å². The number of nitrogens with zero attached hydrogens (tertiary/aromatic N) is 3. The Morgan fingerprint density at radius 3 is 2.76 bits per heavy atom. The largest absolute Gasteiger partial charge is 0.411 e. The highest BCUT2D eigenvalue weighted by Gasteiger charge is 2.28. The molecular weight excluding hydrogens is 453 g/mol. The predicted octanol–water partition coefficient (Wildman–Crippen LogP) is 5.42. The van der Waals surface area contributed by atoms with Crippen LogP contribution in [0, 0.1) is 17.5 Å². The summed E-state index contributed by atoms with van der Waals surface area (Å²) in [5.74, 6) is -2.06. The molecule has 0 spiro atoms. The molecule has 176 valence electrons. The van der Waals surface area contributed by atoms with Gasteiger partial charge >= 0.3 is 0 Å². The number of anilines is 1. The van der Waals surface area contributed by atoms with Crippen LogP contribution >= 0.6 is 11.6 Å². The molecule has 33 heavy (non-hydrogen) atoms. The number of oxime groups is 1. The number of benzene rings is 2. The third-order valence-electron chi connectivity index (χ3n) is 6.41. The number of hydrogen-bond donors (Lipinski definition) is 2. The third-order valence-corrected chi connectivity index (χ3v) is 6.70. The van der Waals surface area contributed by atoms with Gasteiger partial charge in [0.25, 0.3) is 0 Å². The highest BCUT2D eigenvalue weighted by molar-refractivity contribution is 6.30. The van der Waals surface area contributed by atoms with Gasteiger partial charge in [-0.1, -0.05) is 29.2 Å². The first-order chi connectivity index (χ1) is 15.9. The summed E-state index contributed by atoms with van der Waals surface area (Å²) in [6, 6.07) is 5.62. The zero-order valence-corrected chi connectivity index (χ0v) is 19.1. The van der Waals surface area contributed by atoms with E-state index in [1.807, 2.05) is 0 Å². The van der Waals surface area contributed by atoms with Crippen molar-refractivity contribution in [2.45, 2.75) is 44.6 Å². The summed E-state index contributed by atoms with van der Waals surface area (Å²) in [5.41, 5.74) is 1.46. The van der Waals surface area contributed by atoms with Crippen LogP contribution in [0.3, 0.4) is 0 Å². The molecule has 2 heterocycles. The topological polar surface area (TPSA) is 60.2 Å². The summed E-state index contributed by atoms with van der Waals surface area (Å²) in [6.45, 7) is 1.67. The Hall–Kier alpha value is -2.58. The molecule has 2 aliphatic heterocycles. The summed E-state index contributed by atoms with van der Waals surface area (Å²) in [5, 5.41) is 15.8. The molecule has 2 N–H and O–H groups in total. The lowest BCUT2D eigenvalue weighted by atomic mass is 9.95. The molecular formula is C24H26ClF3N4O. The van der Waals surface area contributed by atoms with Gasteiger partial charge in [0, 0.05) is 31.0 Å². The average molecular weight is 479 g/mol. The minimum Gasteiger partial charge on any atom is -0.411 e. The van der Waals surface area contributed by atoms with E-state index in [9.17, 15) is 18.4 Å². The van der Waals surface area contributed by atoms with E-state index in [1.165, 1.54) is 31.0 Å². The van der Waals surface area contributed by atoms with E-state index >= 15 is 0 Å². The second kappa shape index (κ2) is 10.1. The predicted molar refractivity (Wildman–Crippen MR) is 124 cm³/mol. The van der Waals surface area contributed by atoms with Crippen LogP contribution in [0.2, 0.25) is 5.02 Å². The number of rotatable bonds is 6. The number of likely N-dealkylation sites (tertiary alicyclic amines) is 1. The lowest BCUT2D eigenvalue weighted by Gasteiger charge is -2.32. The Morgan fingerprint density at radius 2 is 2.03 bits per heavy atom. The summed E-state index contributed by atoms with van der Waals surface area (Å²) < 4.78 is 42.4. The van der Waals surface area contributed by atoms with Gasteiger partial charge in [0.15, 0.2) is 11.6 Å². The van der Waals surface area contributed by atoms with Crippen LogP contribution in [0.15, 0.2) is 34.4 Å². The molecule has 2 aromatic rings. The second-order valence-corrected chi connectivity index (χ2v) is 9.00. The number of halogens is 4. The molecule has 5 nitrogen and oxygen atoms in total. The fourth-order valence-electron chi connectivity index (χ4n) is 4.57. The van der Waals surface area contributed by atoms with Crippen molar-refractivity contribution in [1.82, 2.24) is 4.90 Å². The van der Waals surface area contributed by atoms with E-state index < -0.39 is 17.5 Å². The van der Waals surface area contributed by atoms with Gasteiger partial charge in [-0.05, 0) is 62.2 Å². The van der Waals surface area contributed by atoms with Crippen LogP contribution in [0.25, 0.3) is 0 Å². The SMILES string of the molecule is CN1CCCCC1CCN=C1Cc2c(/C(Cc3ccc(F)c(Cl)c3)=N/O)cc(F)c(F)c2N1. The average Bonchev–Trinajstić information content (AvgIpc) is 3.23. The van der Waals surface area contributed by atoms with Crippen molar-refractivity contribution in [3.8, 4) is 0 Å². The zero-order chi connectivity index (χ0) is 23.5. The van der Waals surface area contributed by atoms with Gasteiger partial charge in [0.2, 0.25) is 0 Å². The van der Waals surface area contributed by atoms with Crippen molar-refractivity contribution in [3.63, 3.8) is 0 Å². The van der Waals surface area contributed by atoms with Gasteiger partial charge in [-0.2, -0.15) is 0 Å². The van der Waals surface area contributed by atoms with Gasteiger partial charge in [-0.15, -0.1) is 0 Å². The molecule has 0 aliphatic carbocycles. The summed E-state index contributed by atoms with van der Waals surface area (Å²) in [4.78, 5) is 6.94. The molecule has 1 saturated heterocycles. The first-order valence-corrected chi connectivity index (χ1v) is 11.4. The maximum absolute atomic E-state index is 14.6. The Bertz CT molecular complexity index is 1110. The maximum atomic E-state index is 14.6. The van der Waals surface area contributed by atoms with Crippen molar-refractivity contribution in [2.24, 2.45) is 10.1 Å². The van der Waals surface area contributed by atoms with Crippen LogP contribution in [-0.2, 0) is 12.8 Å². The highest BCUT2D eigenvalue weighted by Crippen LogP contribution is 2.33. The molecule has 2 aromatic carbocycles. The maximum Gasteiger partial charge on any atom is 0.182 e. The number of hydrogen-bond acceptors (Lipinski definition) is 4. The molecule has 1 unspecified atom stereocenters.